The van der Waals surface area contributed by atoms with Gasteiger partial charge in [-0.1, -0.05) is 36.4 Å². The van der Waals surface area contributed by atoms with Crippen LogP contribution in [0.2, 0.25) is 0 Å². The van der Waals surface area contributed by atoms with Crippen molar-refractivity contribution in [3.05, 3.63) is 93.1 Å². The lowest BCUT2D eigenvalue weighted by atomic mass is 10.1. The number of carbonyl (C=O) groups is 3. The van der Waals surface area contributed by atoms with Crippen LogP contribution in [0.3, 0.4) is 0 Å². The Kier molecular flexibility index (Phi) is 6.60. The van der Waals surface area contributed by atoms with Crippen molar-refractivity contribution in [2.24, 2.45) is 5.10 Å². The number of nitrogens with one attached hydrogen (secondary N) is 3. The number of carbonyl (C=O) groups excluding carboxylic acids is 3. The van der Waals surface area contributed by atoms with Crippen LogP contribution < -0.4 is 16.1 Å². The van der Waals surface area contributed by atoms with E-state index < -0.39 is 5.91 Å². The second-order valence-corrected chi connectivity index (χ2v) is 8.41. The summed E-state index contributed by atoms with van der Waals surface area (Å²) in [5, 5.41) is 9.56. The van der Waals surface area contributed by atoms with Gasteiger partial charge in [-0.05, 0) is 71.0 Å². The fourth-order valence-electron chi connectivity index (χ4n) is 3.27. The zero-order valence-corrected chi connectivity index (χ0v) is 19.0. The summed E-state index contributed by atoms with van der Waals surface area (Å²) in [5.74, 6) is -0.994. The first-order valence-corrected chi connectivity index (χ1v) is 11.0. The number of anilines is 2. The monoisotopic (exact) mass is 538 g/mol. The summed E-state index contributed by atoms with van der Waals surface area (Å²) in [4.78, 5) is 37.0. The quantitative estimate of drug-likeness (QED) is 0.328. The lowest BCUT2D eigenvalue weighted by Crippen LogP contribution is -2.23. The average Bonchev–Trinajstić information content (AvgIpc) is 3.11. The highest BCUT2D eigenvalue weighted by atomic mass is 127. The molecule has 0 bridgehead atoms. The number of fused-ring (bicyclic) bond motifs is 1. The SMILES string of the molecule is O=C(CCc1ccccc1)Nc1cccc(C(=O)N/N=C2\C(=O)Nc3ccc(I)cc32)c1. The van der Waals surface area contributed by atoms with Gasteiger partial charge in [-0.3, -0.25) is 14.4 Å². The van der Waals surface area contributed by atoms with E-state index in [0.29, 0.717) is 35.3 Å². The van der Waals surface area contributed by atoms with Gasteiger partial charge in [0.05, 0.1) is 5.69 Å². The third-order valence-corrected chi connectivity index (χ3v) is 5.53. The third kappa shape index (κ3) is 5.20. The highest BCUT2D eigenvalue weighted by Gasteiger charge is 2.26. The zero-order valence-electron chi connectivity index (χ0n) is 16.9. The molecule has 1 heterocycles. The van der Waals surface area contributed by atoms with E-state index >= 15 is 0 Å². The molecule has 0 unspecified atom stereocenters. The molecule has 0 aromatic heterocycles. The maximum atomic E-state index is 12.6. The molecular weight excluding hydrogens is 519 g/mol. The fraction of sp³-hybridized carbons (Fsp3) is 0.0833. The minimum Gasteiger partial charge on any atom is -0.326 e. The number of rotatable bonds is 6. The van der Waals surface area contributed by atoms with Crippen LogP contribution in [0.1, 0.15) is 27.9 Å². The molecule has 1 aliphatic heterocycles. The van der Waals surface area contributed by atoms with Crippen LogP contribution in [0, 0.1) is 3.57 Å². The predicted octanol–water partition coefficient (Wildman–Crippen LogP) is 3.95. The Balaban J connectivity index is 1.39. The van der Waals surface area contributed by atoms with Gasteiger partial charge in [0.25, 0.3) is 11.8 Å². The number of halogens is 1. The summed E-state index contributed by atoms with van der Waals surface area (Å²) in [6.07, 6.45) is 0.966. The van der Waals surface area contributed by atoms with E-state index in [1.807, 2.05) is 42.5 Å². The second-order valence-electron chi connectivity index (χ2n) is 7.16. The van der Waals surface area contributed by atoms with Gasteiger partial charge in [-0.25, -0.2) is 5.43 Å². The molecule has 3 N–H and O–H groups in total. The smallest absolute Gasteiger partial charge is 0.276 e. The van der Waals surface area contributed by atoms with Gasteiger partial charge in [0.15, 0.2) is 5.71 Å². The molecule has 3 aromatic carbocycles. The van der Waals surface area contributed by atoms with Crippen molar-refractivity contribution in [2.45, 2.75) is 12.8 Å². The lowest BCUT2D eigenvalue weighted by Gasteiger charge is -2.07. The van der Waals surface area contributed by atoms with E-state index in [2.05, 4.69) is 43.8 Å². The van der Waals surface area contributed by atoms with E-state index in [0.717, 1.165) is 9.13 Å². The molecule has 0 radical (unpaired) electrons. The van der Waals surface area contributed by atoms with E-state index in [1.54, 1.807) is 30.3 Å². The number of hydrogen-bond donors (Lipinski definition) is 3. The maximum absolute atomic E-state index is 12.6. The summed E-state index contributed by atoms with van der Waals surface area (Å²) in [7, 11) is 0. The van der Waals surface area contributed by atoms with E-state index in [9.17, 15) is 14.4 Å². The van der Waals surface area contributed by atoms with Crippen molar-refractivity contribution in [1.82, 2.24) is 5.43 Å². The highest BCUT2D eigenvalue weighted by molar-refractivity contribution is 14.1. The van der Waals surface area contributed by atoms with Gasteiger partial charge in [-0.15, -0.1) is 0 Å². The molecule has 0 saturated carbocycles. The maximum Gasteiger partial charge on any atom is 0.276 e. The van der Waals surface area contributed by atoms with Crippen LogP contribution in [0.4, 0.5) is 11.4 Å². The van der Waals surface area contributed by atoms with Crippen LogP contribution in [0.5, 0.6) is 0 Å². The minimum absolute atomic E-state index is 0.138. The Morgan fingerprint density at radius 3 is 2.59 bits per heavy atom. The number of benzene rings is 3. The number of aryl methyl sites for hydroxylation is 1. The Bertz CT molecular complexity index is 1220. The van der Waals surface area contributed by atoms with Gasteiger partial charge in [0, 0.05) is 26.8 Å². The van der Waals surface area contributed by atoms with Crippen molar-refractivity contribution < 1.29 is 14.4 Å². The molecule has 160 valence electrons. The van der Waals surface area contributed by atoms with Crippen LogP contribution in [0.15, 0.2) is 77.9 Å². The summed E-state index contributed by atoms with van der Waals surface area (Å²) in [5.41, 5.74) is 5.80. The molecule has 0 fully saturated rings. The molecule has 3 aromatic rings. The first-order valence-electron chi connectivity index (χ1n) is 9.93. The van der Waals surface area contributed by atoms with E-state index in [1.165, 1.54) is 0 Å². The predicted molar refractivity (Wildman–Crippen MR) is 132 cm³/mol. The molecular formula is C24H19IN4O3. The third-order valence-electron chi connectivity index (χ3n) is 4.86. The average molecular weight is 538 g/mol. The lowest BCUT2D eigenvalue weighted by molar-refractivity contribution is -0.116. The minimum atomic E-state index is -0.482. The first kappa shape index (κ1) is 21.7. The van der Waals surface area contributed by atoms with E-state index in [-0.39, 0.29) is 17.5 Å². The van der Waals surface area contributed by atoms with Crippen molar-refractivity contribution >= 4 is 57.4 Å². The van der Waals surface area contributed by atoms with Crippen LogP contribution in [-0.4, -0.2) is 23.4 Å². The van der Waals surface area contributed by atoms with Crippen LogP contribution in [-0.2, 0) is 16.0 Å². The molecule has 32 heavy (non-hydrogen) atoms. The van der Waals surface area contributed by atoms with E-state index in [4.69, 9.17) is 0 Å². The molecule has 7 nitrogen and oxygen atoms in total. The first-order chi connectivity index (χ1) is 15.5. The van der Waals surface area contributed by atoms with Crippen LogP contribution >= 0.6 is 22.6 Å². The van der Waals surface area contributed by atoms with Gasteiger partial charge >= 0.3 is 0 Å². The molecule has 8 heteroatoms. The summed E-state index contributed by atoms with van der Waals surface area (Å²) in [6, 6.07) is 21.8. The number of amides is 3. The standard InChI is InChI=1S/C24H19IN4O3/c25-17-10-11-20-19(14-17)22(24(32)27-20)28-29-23(31)16-7-4-8-18(13-16)26-21(30)12-9-15-5-2-1-3-6-15/h1-8,10-11,13-14H,9,12H2,(H,26,30)(H,29,31)(H,27,28,32). The number of hydrazone groups is 1. The Labute approximate surface area is 198 Å². The molecule has 0 saturated heterocycles. The van der Waals surface area contributed by atoms with Crippen molar-refractivity contribution in [2.75, 3.05) is 10.6 Å². The topological polar surface area (TPSA) is 99.7 Å². The van der Waals surface area contributed by atoms with Gasteiger partial charge in [0.2, 0.25) is 5.91 Å². The molecule has 3 amide bonds. The van der Waals surface area contributed by atoms with Crippen molar-refractivity contribution in [3.63, 3.8) is 0 Å². The largest absolute Gasteiger partial charge is 0.326 e. The Hall–Kier alpha value is -3.53. The summed E-state index contributed by atoms with van der Waals surface area (Å²) in [6.45, 7) is 0. The number of nitrogens with zero attached hydrogens (tertiary/aromatic N) is 1. The highest BCUT2D eigenvalue weighted by Crippen LogP contribution is 2.25. The molecule has 0 spiro atoms. The Morgan fingerprint density at radius 2 is 1.78 bits per heavy atom. The molecule has 1 aliphatic rings. The molecule has 0 aliphatic carbocycles. The molecule has 4 rings (SSSR count). The Morgan fingerprint density at radius 1 is 0.969 bits per heavy atom. The van der Waals surface area contributed by atoms with Crippen molar-refractivity contribution in [3.8, 4) is 0 Å². The van der Waals surface area contributed by atoms with Gasteiger partial charge in [-0.2, -0.15) is 5.10 Å². The second kappa shape index (κ2) is 9.73. The summed E-state index contributed by atoms with van der Waals surface area (Å²) < 4.78 is 0.951. The zero-order chi connectivity index (χ0) is 22.5. The van der Waals surface area contributed by atoms with Gasteiger partial charge < -0.3 is 10.6 Å². The van der Waals surface area contributed by atoms with Crippen molar-refractivity contribution in [1.29, 1.82) is 0 Å². The number of hydrogen-bond acceptors (Lipinski definition) is 4. The fourth-order valence-corrected chi connectivity index (χ4v) is 3.76. The normalized spacial score (nSPS) is 13.4. The van der Waals surface area contributed by atoms with Gasteiger partial charge in [0.1, 0.15) is 0 Å². The van der Waals surface area contributed by atoms with Crippen LogP contribution in [0.25, 0.3) is 0 Å². The molecule has 0 atom stereocenters. The summed E-state index contributed by atoms with van der Waals surface area (Å²) >= 11 is 2.15.